The summed E-state index contributed by atoms with van der Waals surface area (Å²) in [7, 11) is -3.55. The zero-order valence-corrected chi connectivity index (χ0v) is 12.1. The lowest BCUT2D eigenvalue weighted by molar-refractivity contribution is 0.174. The first-order chi connectivity index (χ1) is 8.27. The maximum absolute atomic E-state index is 12.2. The number of benzene rings is 1. The molecule has 5 heteroatoms. The molecule has 0 radical (unpaired) electrons. The third-order valence-electron chi connectivity index (χ3n) is 2.85. The van der Waals surface area contributed by atoms with Gasteiger partial charge in [0, 0.05) is 6.54 Å². The Morgan fingerprint density at radius 1 is 1.22 bits per heavy atom. The number of hydrogen-bond donors (Lipinski definition) is 2. The van der Waals surface area contributed by atoms with Gasteiger partial charge in [-0.2, -0.15) is 0 Å². The van der Waals surface area contributed by atoms with Crippen LogP contribution in [0.15, 0.2) is 17.0 Å². The highest BCUT2D eigenvalue weighted by molar-refractivity contribution is 7.89. The summed E-state index contributed by atoms with van der Waals surface area (Å²) in [5.41, 5.74) is 2.49. The van der Waals surface area contributed by atoms with E-state index in [0.717, 1.165) is 16.7 Å². The molecular formula is C13H21NO3S. The first kappa shape index (κ1) is 15.1. The van der Waals surface area contributed by atoms with Crippen molar-refractivity contribution in [3.63, 3.8) is 0 Å². The van der Waals surface area contributed by atoms with Gasteiger partial charge in [0.2, 0.25) is 10.0 Å². The minimum atomic E-state index is -3.55. The van der Waals surface area contributed by atoms with Crippen molar-refractivity contribution in [2.24, 2.45) is 0 Å². The van der Waals surface area contributed by atoms with E-state index in [4.69, 9.17) is 0 Å². The van der Waals surface area contributed by atoms with Crippen LogP contribution in [0.25, 0.3) is 0 Å². The van der Waals surface area contributed by atoms with E-state index in [1.54, 1.807) is 20.8 Å². The molecule has 0 saturated carbocycles. The Hall–Kier alpha value is -0.910. The Morgan fingerprint density at radius 2 is 1.72 bits per heavy atom. The Kier molecular flexibility index (Phi) is 4.90. The van der Waals surface area contributed by atoms with Gasteiger partial charge in [-0.15, -0.1) is 0 Å². The molecule has 0 bridgehead atoms. The van der Waals surface area contributed by atoms with Crippen LogP contribution in [0.1, 0.15) is 30.0 Å². The second-order valence-electron chi connectivity index (χ2n) is 4.64. The van der Waals surface area contributed by atoms with E-state index in [0.29, 0.717) is 11.3 Å². The summed E-state index contributed by atoms with van der Waals surface area (Å²) in [4.78, 5) is 0.316. The standard InChI is InChI=1S/C13H21NO3S/c1-5-12(15)8-14-18(16,17)13-10(3)6-9(2)7-11(13)4/h6-7,12,14-15H,5,8H2,1-4H3. The fourth-order valence-electron chi connectivity index (χ4n) is 2.01. The highest BCUT2D eigenvalue weighted by Gasteiger charge is 2.20. The van der Waals surface area contributed by atoms with Gasteiger partial charge >= 0.3 is 0 Å². The lowest BCUT2D eigenvalue weighted by Gasteiger charge is -2.14. The van der Waals surface area contributed by atoms with Crippen molar-refractivity contribution in [1.29, 1.82) is 0 Å². The quantitative estimate of drug-likeness (QED) is 0.856. The third-order valence-corrected chi connectivity index (χ3v) is 4.58. The summed E-state index contributed by atoms with van der Waals surface area (Å²) >= 11 is 0. The molecule has 1 aromatic rings. The van der Waals surface area contributed by atoms with E-state index in [1.807, 2.05) is 19.1 Å². The molecule has 1 rings (SSSR count). The average Bonchev–Trinajstić information content (AvgIpc) is 2.24. The first-order valence-electron chi connectivity index (χ1n) is 6.03. The van der Waals surface area contributed by atoms with Gasteiger partial charge in [-0.3, -0.25) is 0 Å². The summed E-state index contributed by atoms with van der Waals surface area (Å²) in [5.74, 6) is 0. The molecular weight excluding hydrogens is 250 g/mol. The van der Waals surface area contributed by atoms with Crippen molar-refractivity contribution >= 4 is 10.0 Å². The highest BCUT2D eigenvalue weighted by atomic mass is 32.2. The molecule has 0 spiro atoms. The van der Waals surface area contributed by atoms with Crippen LogP contribution in [-0.4, -0.2) is 26.2 Å². The summed E-state index contributed by atoms with van der Waals surface area (Å²) in [6.45, 7) is 7.35. The van der Waals surface area contributed by atoms with Crippen molar-refractivity contribution in [2.45, 2.75) is 45.1 Å². The maximum Gasteiger partial charge on any atom is 0.241 e. The van der Waals surface area contributed by atoms with Gasteiger partial charge in [-0.1, -0.05) is 24.6 Å². The molecule has 4 nitrogen and oxygen atoms in total. The molecule has 0 aliphatic carbocycles. The second-order valence-corrected chi connectivity index (χ2v) is 6.35. The van der Waals surface area contributed by atoms with Gasteiger partial charge in [-0.05, 0) is 38.3 Å². The number of nitrogens with one attached hydrogen (secondary N) is 1. The van der Waals surface area contributed by atoms with Crippen molar-refractivity contribution in [3.05, 3.63) is 28.8 Å². The van der Waals surface area contributed by atoms with Crippen LogP contribution < -0.4 is 4.72 Å². The Labute approximate surface area is 109 Å². The van der Waals surface area contributed by atoms with E-state index < -0.39 is 16.1 Å². The van der Waals surface area contributed by atoms with Crippen LogP contribution in [0, 0.1) is 20.8 Å². The van der Waals surface area contributed by atoms with E-state index in [9.17, 15) is 13.5 Å². The van der Waals surface area contributed by atoms with Crippen LogP contribution in [0.3, 0.4) is 0 Å². The zero-order valence-electron chi connectivity index (χ0n) is 11.3. The first-order valence-corrected chi connectivity index (χ1v) is 7.51. The Balaban J connectivity index is 3.06. The molecule has 0 heterocycles. The van der Waals surface area contributed by atoms with Crippen LogP contribution in [0.5, 0.6) is 0 Å². The topological polar surface area (TPSA) is 66.4 Å². The summed E-state index contributed by atoms with van der Waals surface area (Å²) in [6, 6.07) is 3.69. The number of hydrogen-bond acceptors (Lipinski definition) is 3. The third kappa shape index (κ3) is 3.54. The number of aliphatic hydroxyl groups excluding tert-OH is 1. The monoisotopic (exact) mass is 271 g/mol. The summed E-state index contributed by atoms with van der Waals surface area (Å²) in [6.07, 6.45) is -0.125. The van der Waals surface area contributed by atoms with Crippen LogP contribution in [-0.2, 0) is 10.0 Å². The average molecular weight is 271 g/mol. The van der Waals surface area contributed by atoms with Crippen molar-refractivity contribution in [3.8, 4) is 0 Å². The van der Waals surface area contributed by atoms with E-state index in [1.165, 1.54) is 0 Å². The van der Waals surface area contributed by atoms with Gasteiger partial charge in [0.15, 0.2) is 0 Å². The molecule has 1 unspecified atom stereocenters. The van der Waals surface area contributed by atoms with Gasteiger partial charge in [-0.25, -0.2) is 13.1 Å². The van der Waals surface area contributed by atoms with Gasteiger partial charge in [0.1, 0.15) is 0 Å². The number of sulfonamides is 1. The van der Waals surface area contributed by atoms with Crippen LogP contribution in [0.2, 0.25) is 0 Å². The van der Waals surface area contributed by atoms with Crippen molar-refractivity contribution < 1.29 is 13.5 Å². The predicted octanol–water partition coefficient (Wildman–Crippen LogP) is 1.66. The van der Waals surface area contributed by atoms with Crippen molar-refractivity contribution in [1.82, 2.24) is 4.72 Å². The minimum absolute atomic E-state index is 0.0472. The van der Waals surface area contributed by atoms with E-state index >= 15 is 0 Å². The van der Waals surface area contributed by atoms with Gasteiger partial charge < -0.3 is 5.11 Å². The van der Waals surface area contributed by atoms with Crippen molar-refractivity contribution in [2.75, 3.05) is 6.54 Å². The van der Waals surface area contributed by atoms with Crippen LogP contribution >= 0.6 is 0 Å². The van der Waals surface area contributed by atoms with Crippen LogP contribution in [0.4, 0.5) is 0 Å². The Bertz CT molecular complexity index is 500. The SMILES string of the molecule is CCC(O)CNS(=O)(=O)c1c(C)cc(C)cc1C. The molecule has 102 valence electrons. The lowest BCUT2D eigenvalue weighted by atomic mass is 10.1. The van der Waals surface area contributed by atoms with E-state index in [-0.39, 0.29) is 6.54 Å². The predicted molar refractivity (Wildman–Crippen MR) is 72.1 cm³/mol. The lowest BCUT2D eigenvalue weighted by Crippen LogP contribution is -2.32. The number of aryl methyl sites for hydroxylation is 3. The van der Waals surface area contributed by atoms with E-state index in [2.05, 4.69) is 4.72 Å². The smallest absolute Gasteiger partial charge is 0.241 e. The highest BCUT2D eigenvalue weighted by Crippen LogP contribution is 2.21. The van der Waals surface area contributed by atoms with Gasteiger partial charge in [0.25, 0.3) is 0 Å². The largest absolute Gasteiger partial charge is 0.392 e. The summed E-state index contributed by atoms with van der Waals surface area (Å²) in [5, 5.41) is 9.42. The molecule has 18 heavy (non-hydrogen) atoms. The molecule has 0 amide bonds. The summed E-state index contributed by atoms with van der Waals surface area (Å²) < 4.78 is 26.8. The fraction of sp³-hybridized carbons (Fsp3) is 0.538. The zero-order chi connectivity index (χ0) is 13.9. The molecule has 0 fully saturated rings. The fourth-order valence-corrected chi connectivity index (χ4v) is 3.53. The minimum Gasteiger partial charge on any atom is -0.392 e. The normalized spacial score (nSPS) is 13.6. The molecule has 0 aliphatic rings. The molecule has 1 atom stereocenters. The number of aliphatic hydroxyl groups is 1. The second kappa shape index (κ2) is 5.82. The molecule has 1 aromatic carbocycles. The Morgan fingerprint density at radius 3 is 2.17 bits per heavy atom. The van der Waals surface area contributed by atoms with Gasteiger partial charge in [0.05, 0.1) is 11.0 Å². The molecule has 0 aliphatic heterocycles. The molecule has 2 N–H and O–H groups in total. The molecule has 0 saturated heterocycles. The number of rotatable bonds is 5. The molecule has 0 aromatic heterocycles. The maximum atomic E-state index is 12.2.